The van der Waals surface area contributed by atoms with Gasteiger partial charge in [-0.1, -0.05) is 30.4 Å². The van der Waals surface area contributed by atoms with Gasteiger partial charge in [-0.25, -0.2) is 0 Å². The third kappa shape index (κ3) is 1.08. The Morgan fingerprint density at radius 3 is 3.00 bits per heavy atom. The van der Waals surface area contributed by atoms with Crippen LogP contribution in [-0.4, -0.2) is 6.61 Å². The van der Waals surface area contributed by atoms with E-state index in [0.717, 1.165) is 16.5 Å². The Bertz CT molecular complexity index is 482. The predicted octanol–water partition coefficient (Wildman–Crippen LogP) is 3.06. The molecule has 14 heavy (non-hydrogen) atoms. The molecule has 70 valence electrons. The van der Waals surface area contributed by atoms with Crippen LogP contribution in [0.4, 0.5) is 0 Å². The number of furan rings is 1. The number of ether oxygens (including phenoxy) is 1. The molecule has 0 aliphatic carbocycles. The Kier molecular flexibility index (Phi) is 1.67. The zero-order chi connectivity index (χ0) is 9.38. The van der Waals surface area contributed by atoms with E-state index >= 15 is 0 Å². The lowest BCUT2D eigenvalue weighted by molar-refractivity contribution is 0.130. The lowest BCUT2D eigenvalue weighted by Gasteiger charge is -2.04. The van der Waals surface area contributed by atoms with Gasteiger partial charge in [0.1, 0.15) is 11.7 Å². The van der Waals surface area contributed by atoms with E-state index in [2.05, 4.69) is 12.1 Å². The molecule has 0 bridgehead atoms. The van der Waals surface area contributed by atoms with Gasteiger partial charge in [-0.2, -0.15) is 0 Å². The van der Waals surface area contributed by atoms with Crippen LogP contribution in [0.3, 0.4) is 0 Å². The molecule has 0 saturated heterocycles. The molecule has 0 spiro atoms. The molecule has 0 N–H and O–H groups in total. The van der Waals surface area contributed by atoms with E-state index < -0.39 is 0 Å². The van der Waals surface area contributed by atoms with Crippen molar-refractivity contribution in [2.45, 2.75) is 6.10 Å². The molecule has 0 radical (unpaired) electrons. The highest BCUT2D eigenvalue weighted by Gasteiger charge is 2.17. The van der Waals surface area contributed by atoms with Crippen molar-refractivity contribution >= 4 is 11.0 Å². The quantitative estimate of drug-likeness (QED) is 0.638. The molecule has 0 fully saturated rings. The second-order valence-electron chi connectivity index (χ2n) is 3.37. The standard InChI is InChI=1S/C12H10O2/c1-2-5-11-9(4-1)10(8-14-11)12-6-3-7-13-12/h1-6,8,12H,7H2/t12-/m0/s1. The third-order valence-electron chi connectivity index (χ3n) is 2.50. The maximum absolute atomic E-state index is 5.53. The molecule has 1 atom stereocenters. The molecule has 2 heterocycles. The van der Waals surface area contributed by atoms with Crippen molar-refractivity contribution in [1.29, 1.82) is 0 Å². The van der Waals surface area contributed by atoms with Crippen LogP contribution in [0.2, 0.25) is 0 Å². The third-order valence-corrected chi connectivity index (χ3v) is 2.50. The van der Waals surface area contributed by atoms with Gasteiger partial charge in [0.15, 0.2) is 0 Å². The zero-order valence-corrected chi connectivity index (χ0v) is 7.64. The number of rotatable bonds is 1. The smallest absolute Gasteiger partial charge is 0.134 e. The highest BCUT2D eigenvalue weighted by Crippen LogP contribution is 2.31. The van der Waals surface area contributed by atoms with Crippen molar-refractivity contribution in [3.8, 4) is 0 Å². The molecule has 2 heteroatoms. The Labute approximate surface area is 81.8 Å². The van der Waals surface area contributed by atoms with Gasteiger partial charge in [-0.15, -0.1) is 0 Å². The summed E-state index contributed by atoms with van der Waals surface area (Å²) in [7, 11) is 0. The zero-order valence-electron chi connectivity index (χ0n) is 7.64. The van der Waals surface area contributed by atoms with Crippen molar-refractivity contribution in [3.05, 3.63) is 48.2 Å². The van der Waals surface area contributed by atoms with Crippen molar-refractivity contribution in [1.82, 2.24) is 0 Å². The SMILES string of the molecule is C1=C[C@@H](c2coc3ccccc23)OC1. The van der Waals surface area contributed by atoms with Crippen LogP contribution in [0, 0.1) is 0 Å². The van der Waals surface area contributed by atoms with Crippen molar-refractivity contribution in [2.75, 3.05) is 6.61 Å². The lowest BCUT2D eigenvalue weighted by Crippen LogP contribution is -1.93. The van der Waals surface area contributed by atoms with Crippen LogP contribution >= 0.6 is 0 Å². The van der Waals surface area contributed by atoms with Crippen molar-refractivity contribution in [2.24, 2.45) is 0 Å². The fourth-order valence-electron chi connectivity index (χ4n) is 1.81. The molecule has 0 unspecified atom stereocenters. The van der Waals surface area contributed by atoms with Crippen LogP contribution in [0.15, 0.2) is 47.1 Å². The fourth-order valence-corrected chi connectivity index (χ4v) is 1.81. The van der Waals surface area contributed by atoms with Gasteiger partial charge in [0, 0.05) is 10.9 Å². The largest absolute Gasteiger partial charge is 0.464 e. The van der Waals surface area contributed by atoms with Gasteiger partial charge < -0.3 is 9.15 Å². The summed E-state index contributed by atoms with van der Waals surface area (Å²) in [5.41, 5.74) is 2.04. The van der Waals surface area contributed by atoms with Gasteiger partial charge in [0.05, 0.1) is 12.9 Å². The van der Waals surface area contributed by atoms with Crippen LogP contribution in [0.1, 0.15) is 11.7 Å². The molecule has 1 aromatic carbocycles. The first-order valence-corrected chi connectivity index (χ1v) is 4.69. The Morgan fingerprint density at radius 1 is 1.21 bits per heavy atom. The molecule has 1 aliphatic heterocycles. The minimum absolute atomic E-state index is 0.0682. The summed E-state index contributed by atoms with van der Waals surface area (Å²) in [6.45, 7) is 0.699. The average molecular weight is 186 g/mol. The van der Waals surface area contributed by atoms with Crippen LogP contribution < -0.4 is 0 Å². The molecule has 1 aromatic heterocycles. The Hall–Kier alpha value is -1.54. The van der Waals surface area contributed by atoms with Crippen LogP contribution in [0.25, 0.3) is 11.0 Å². The molecule has 0 amide bonds. The molecular weight excluding hydrogens is 176 g/mol. The van der Waals surface area contributed by atoms with E-state index in [1.54, 1.807) is 6.26 Å². The van der Waals surface area contributed by atoms with E-state index in [4.69, 9.17) is 9.15 Å². The van der Waals surface area contributed by atoms with E-state index in [-0.39, 0.29) is 6.10 Å². The molecule has 1 aliphatic rings. The first-order chi connectivity index (χ1) is 6.95. The summed E-state index contributed by atoms with van der Waals surface area (Å²) < 4.78 is 11.0. The first kappa shape index (κ1) is 7.83. The van der Waals surface area contributed by atoms with E-state index in [1.807, 2.05) is 24.3 Å². The van der Waals surface area contributed by atoms with E-state index in [1.165, 1.54) is 0 Å². The molecule has 0 saturated carbocycles. The number of benzene rings is 1. The fraction of sp³-hybridized carbons (Fsp3) is 0.167. The van der Waals surface area contributed by atoms with Gasteiger partial charge in [-0.3, -0.25) is 0 Å². The summed E-state index contributed by atoms with van der Waals surface area (Å²) in [5.74, 6) is 0. The Balaban J connectivity index is 2.16. The summed E-state index contributed by atoms with van der Waals surface area (Å²) in [4.78, 5) is 0. The van der Waals surface area contributed by atoms with Crippen molar-refractivity contribution < 1.29 is 9.15 Å². The van der Waals surface area contributed by atoms with Gasteiger partial charge in [-0.05, 0) is 6.07 Å². The number of fused-ring (bicyclic) bond motifs is 1. The highest BCUT2D eigenvalue weighted by atomic mass is 16.5. The molecule has 2 nitrogen and oxygen atoms in total. The summed E-state index contributed by atoms with van der Waals surface area (Å²) in [6, 6.07) is 8.02. The maximum atomic E-state index is 5.53. The van der Waals surface area contributed by atoms with Crippen LogP contribution in [0.5, 0.6) is 0 Å². The van der Waals surface area contributed by atoms with Gasteiger partial charge in [0.2, 0.25) is 0 Å². The second-order valence-corrected chi connectivity index (χ2v) is 3.37. The lowest BCUT2D eigenvalue weighted by atomic mass is 10.1. The number of para-hydroxylation sites is 1. The summed E-state index contributed by atoms with van der Waals surface area (Å²) >= 11 is 0. The second kappa shape index (κ2) is 3.00. The van der Waals surface area contributed by atoms with Gasteiger partial charge in [0.25, 0.3) is 0 Å². The first-order valence-electron chi connectivity index (χ1n) is 4.69. The van der Waals surface area contributed by atoms with Crippen molar-refractivity contribution in [3.63, 3.8) is 0 Å². The van der Waals surface area contributed by atoms with E-state index in [0.29, 0.717) is 6.61 Å². The normalized spacial score (nSPS) is 20.7. The molecule has 3 rings (SSSR count). The predicted molar refractivity (Wildman–Crippen MR) is 54.0 cm³/mol. The van der Waals surface area contributed by atoms with Crippen LogP contribution in [-0.2, 0) is 4.74 Å². The van der Waals surface area contributed by atoms with E-state index in [9.17, 15) is 0 Å². The minimum atomic E-state index is 0.0682. The highest BCUT2D eigenvalue weighted by molar-refractivity contribution is 5.81. The summed E-state index contributed by atoms with van der Waals surface area (Å²) in [5, 5.41) is 1.14. The Morgan fingerprint density at radius 2 is 2.14 bits per heavy atom. The molecule has 2 aromatic rings. The topological polar surface area (TPSA) is 22.4 Å². The number of hydrogen-bond donors (Lipinski definition) is 0. The monoisotopic (exact) mass is 186 g/mol. The minimum Gasteiger partial charge on any atom is -0.464 e. The number of hydrogen-bond acceptors (Lipinski definition) is 2. The molecular formula is C12H10O2. The summed E-state index contributed by atoms with van der Waals surface area (Å²) in [6.07, 6.45) is 5.95. The average Bonchev–Trinajstić information content (AvgIpc) is 2.85. The van der Waals surface area contributed by atoms with Gasteiger partial charge >= 0.3 is 0 Å². The maximum Gasteiger partial charge on any atom is 0.134 e.